The van der Waals surface area contributed by atoms with E-state index in [0.717, 1.165) is 29.1 Å². The average molecular weight is 308 g/mol. The van der Waals surface area contributed by atoms with Gasteiger partial charge in [0, 0.05) is 25.4 Å². The second-order valence-electron chi connectivity index (χ2n) is 5.03. The van der Waals surface area contributed by atoms with Crippen molar-refractivity contribution >= 4 is 11.7 Å². The fraction of sp³-hybridized carbons (Fsp3) is 0.333. The van der Waals surface area contributed by atoms with Gasteiger partial charge in [0.2, 0.25) is 0 Å². The maximum absolute atomic E-state index is 13.4. The van der Waals surface area contributed by atoms with E-state index in [-0.39, 0.29) is 5.69 Å². The molecule has 0 aliphatic rings. The average Bonchev–Trinajstić information content (AvgIpc) is 2.68. The smallest absolute Gasteiger partial charge is 0.319 e. The molecule has 1 aromatic heterocycles. The van der Waals surface area contributed by atoms with Crippen molar-refractivity contribution in [3.8, 4) is 0 Å². The second kappa shape index (κ2) is 6.55. The number of nitrogens with zero attached hydrogens (tertiary/aromatic N) is 2. The number of amides is 2. The van der Waals surface area contributed by atoms with Gasteiger partial charge in [-0.1, -0.05) is 0 Å². The molecule has 2 N–H and O–H groups in total. The van der Waals surface area contributed by atoms with Crippen molar-refractivity contribution in [1.82, 2.24) is 15.1 Å². The molecule has 0 bridgehead atoms. The van der Waals surface area contributed by atoms with Gasteiger partial charge in [0.15, 0.2) is 0 Å². The van der Waals surface area contributed by atoms with E-state index in [0.29, 0.717) is 13.0 Å². The van der Waals surface area contributed by atoms with E-state index in [1.54, 1.807) is 4.68 Å². The molecule has 0 spiro atoms. The van der Waals surface area contributed by atoms with Crippen LogP contribution in [0.25, 0.3) is 0 Å². The van der Waals surface area contributed by atoms with Gasteiger partial charge in [-0.2, -0.15) is 5.10 Å². The molecule has 0 aliphatic heterocycles. The third-order valence-corrected chi connectivity index (χ3v) is 3.50. The van der Waals surface area contributed by atoms with Crippen LogP contribution in [-0.4, -0.2) is 22.4 Å². The van der Waals surface area contributed by atoms with Gasteiger partial charge in [-0.15, -0.1) is 0 Å². The van der Waals surface area contributed by atoms with Gasteiger partial charge in [0.05, 0.1) is 11.4 Å². The maximum Gasteiger partial charge on any atom is 0.319 e. The van der Waals surface area contributed by atoms with E-state index >= 15 is 0 Å². The van der Waals surface area contributed by atoms with Crippen LogP contribution >= 0.6 is 0 Å². The van der Waals surface area contributed by atoms with Gasteiger partial charge in [0.1, 0.15) is 11.6 Å². The number of anilines is 1. The Bertz CT molecular complexity index is 697. The lowest BCUT2D eigenvalue weighted by Gasteiger charge is -2.08. The summed E-state index contributed by atoms with van der Waals surface area (Å²) in [5, 5.41) is 9.28. The van der Waals surface area contributed by atoms with Gasteiger partial charge in [0.25, 0.3) is 0 Å². The van der Waals surface area contributed by atoms with E-state index in [9.17, 15) is 13.6 Å². The van der Waals surface area contributed by atoms with Crippen molar-refractivity contribution < 1.29 is 13.6 Å². The molecule has 0 atom stereocenters. The van der Waals surface area contributed by atoms with Crippen LogP contribution < -0.4 is 10.6 Å². The van der Waals surface area contributed by atoms with Crippen molar-refractivity contribution in [2.24, 2.45) is 7.05 Å². The Labute approximate surface area is 127 Å². The van der Waals surface area contributed by atoms with Crippen LogP contribution in [0.4, 0.5) is 19.3 Å². The SMILES string of the molecule is Cc1nn(C)c(C)c1CCNC(=O)Nc1ccc(F)cc1F. The fourth-order valence-corrected chi connectivity index (χ4v) is 2.24. The van der Waals surface area contributed by atoms with E-state index in [2.05, 4.69) is 15.7 Å². The summed E-state index contributed by atoms with van der Waals surface area (Å²) in [4.78, 5) is 11.7. The second-order valence-corrected chi connectivity index (χ2v) is 5.03. The lowest BCUT2D eigenvalue weighted by Crippen LogP contribution is -2.31. The van der Waals surface area contributed by atoms with Crippen molar-refractivity contribution in [3.05, 3.63) is 46.8 Å². The molecule has 2 aromatic rings. The number of carbonyl (C=O) groups excluding carboxylic acids is 1. The number of urea groups is 1. The third kappa shape index (κ3) is 3.60. The van der Waals surface area contributed by atoms with Crippen LogP contribution in [0.5, 0.6) is 0 Å². The summed E-state index contributed by atoms with van der Waals surface area (Å²) in [7, 11) is 1.86. The Kier molecular flexibility index (Phi) is 4.75. The predicted molar refractivity (Wildman–Crippen MR) is 79.8 cm³/mol. The number of hydrogen-bond acceptors (Lipinski definition) is 2. The Morgan fingerprint density at radius 3 is 2.64 bits per heavy atom. The lowest BCUT2D eigenvalue weighted by molar-refractivity contribution is 0.252. The molecule has 5 nitrogen and oxygen atoms in total. The molecule has 0 unspecified atom stereocenters. The molecule has 0 radical (unpaired) electrons. The van der Waals surface area contributed by atoms with E-state index < -0.39 is 17.7 Å². The molecule has 0 fully saturated rings. The zero-order chi connectivity index (χ0) is 16.3. The maximum atomic E-state index is 13.4. The molecule has 1 aromatic carbocycles. The number of nitrogens with one attached hydrogen (secondary N) is 2. The highest BCUT2D eigenvalue weighted by molar-refractivity contribution is 5.89. The molecule has 0 saturated carbocycles. The number of aromatic nitrogens is 2. The first-order chi connectivity index (χ1) is 10.4. The first-order valence-corrected chi connectivity index (χ1v) is 6.87. The van der Waals surface area contributed by atoms with E-state index in [1.807, 2.05) is 20.9 Å². The quantitative estimate of drug-likeness (QED) is 0.912. The molecule has 1 heterocycles. The Balaban J connectivity index is 1.88. The largest absolute Gasteiger partial charge is 0.338 e. The summed E-state index contributed by atoms with van der Waals surface area (Å²) in [5.74, 6) is -1.50. The van der Waals surface area contributed by atoms with Crippen LogP contribution in [0.2, 0.25) is 0 Å². The molecule has 118 valence electrons. The molecular weight excluding hydrogens is 290 g/mol. The molecule has 7 heteroatoms. The van der Waals surface area contributed by atoms with Crippen LogP contribution in [0.15, 0.2) is 18.2 Å². The highest BCUT2D eigenvalue weighted by Gasteiger charge is 2.10. The number of carbonyl (C=O) groups is 1. The number of benzene rings is 1. The molecule has 2 amide bonds. The number of halogens is 2. The van der Waals surface area contributed by atoms with E-state index in [4.69, 9.17) is 0 Å². The van der Waals surface area contributed by atoms with Crippen molar-refractivity contribution in [2.45, 2.75) is 20.3 Å². The minimum atomic E-state index is -0.811. The highest BCUT2D eigenvalue weighted by atomic mass is 19.1. The Morgan fingerprint density at radius 1 is 1.32 bits per heavy atom. The van der Waals surface area contributed by atoms with Crippen LogP contribution in [0.1, 0.15) is 17.0 Å². The molecule has 2 rings (SSSR count). The van der Waals surface area contributed by atoms with Crippen molar-refractivity contribution in [3.63, 3.8) is 0 Å². The van der Waals surface area contributed by atoms with Crippen LogP contribution in [-0.2, 0) is 13.5 Å². The number of aryl methyl sites for hydroxylation is 2. The third-order valence-electron chi connectivity index (χ3n) is 3.50. The summed E-state index contributed by atoms with van der Waals surface area (Å²) in [5.41, 5.74) is 2.99. The molecule has 22 heavy (non-hydrogen) atoms. The van der Waals surface area contributed by atoms with Gasteiger partial charge >= 0.3 is 6.03 Å². The topological polar surface area (TPSA) is 59.0 Å². The summed E-state index contributed by atoms with van der Waals surface area (Å²) >= 11 is 0. The lowest BCUT2D eigenvalue weighted by atomic mass is 10.1. The highest BCUT2D eigenvalue weighted by Crippen LogP contribution is 2.15. The predicted octanol–water partition coefficient (Wildman–Crippen LogP) is 2.68. The number of hydrogen-bond donors (Lipinski definition) is 2. The van der Waals surface area contributed by atoms with Gasteiger partial charge in [-0.05, 0) is 38.0 Å². The Morgan fingerprint density at radius 2 is 2.05 bits per heavy atom. The van der Waals surface area contributed by atoms with Crippen molar-refractivity contribution in [2.75, 3.05) is 11.9 Å². The summed E-state index contributed by atoms with van der Waals surface area (Å²) in [6.07, 6.45) is 0.630. The minimum Gasteiger partial charge on any atom is -0.338 e. The van der Waals surface area contributed by atoms with Gasteiger partial charge in [-0.25, -0.2) is 13.6 Å². The number of rotatable bonds is 4. The first kappa shape index (κ1) is 15.9. The van der Waals surface area contributed by atoms with Crippen molar-refractivity contribution in [1.29, 1.82) is 0 Å². The standard InChI is InChI=1S/C15H18F2N4O/c1-9-12(10(2)21(3)20-9)6-7-18-15(22)19-14-5-4-11(16)8-13(14)17/h4-5,8H,6-7H2,1-3H3,(H2,18,19,22). The summed E-state index contributed by atoms with van der Waals surface area (Å²) in [6, 6.07) is 2.45. The molecule has 0 saturated heterocycles. The summed E-state index contributed by atoms with van der Waals surface area (Å²) in [6.45, 7) is 4.27. The monoisotopic (exact) mass is 308 g/mol. The Hall–Kier alpha value is -2.44. The first-order valence-electron chi connectivity index (χ1n) is 6.87. The van der Waals surface area contributed by atoms with Crippen LogP contribution in [0, 0.1) is 25.5 Å². The molecular formula is C15H18F2N4O. The van der Waals surface area contributed by atoms with Crippen LogP contribution in [0.3, 0.4) is 0 Å². The zero-order valence-electron chi connectivity index (χ0n) is 12.7. The fourth-order valence-electron chi connectivity index (χ4n) is 2.24. The van der Waals surface area contributed by atoms with Gasteiger partial charge < -0.3 is 10.6 Å². The van der Waals surface area contributed by atoms with E-state index in [1.165, 1.54) is 6.07 Å². The normalized spacial score (nSPS) is 10.6. The molecule has 0 aliphatic carbocycles. The van der Waals surface area contributed by atoms with Gasteiger partial charge in [-0.3, -0.25) is 4.68 Å². The summed E-state index contributed by atoms with van der Waals surface area (Å²) < 4.78 is 28.0. The minimum absolute atomic E-state index is 0.0624. The zero-order valence-corrected chi connectivity index (χ0v) is 12.7.